The lowest BCUT2D eigenvalue weighted by Crippen LogP contribution is -2.32. The summed E-state index contributed by atoms with van der Waals surface area (Å²) in [6.45, 7) is 0.339. The van der Waals surface area contributed by atoms with Crippen molar-refractivity contribution in [1.29, 1.82) is 0 Å². The molecule has 0 aliphatic carbocycles. The van der Waals surface area contributed by atoms with E-state index in [1.54, 1.807) is 54.6 Å². The lowest BCUT2D eigenvalue weighted by atomic mass is 10.1. The van der Waals surface area contributed by atoms with E-state index in [1.165, 1.54) is 7.11 Å². The van der Waals surface area contributed by atoms with Gasteiger partial charge in [0.2, 0.25) is 0 Å². The molecule has 2 amide bonds. The van der Waals surface area contributed by atoms with Crippen LogP contribution in [0.15, 0.2) is 82.2 Å². The molecule has 0 atom stereocenters. The van der Waals surface area contributed by atoms with Gasteiger partial charge in [-0.2, -0.15) is 0 Å². The van der Waals surface area contributed by atoms with E-state index < -0.39 is 5.97 Å². The molecular formula is C26H20BrNO6S. The van der Waals surface area contributed by atoms with E-state index in [0.29, 0.717) is 22.6 Å². The van der Waals surface area contributed by atoms with Crippen LogP contribution in [0.4, 0.5) is 4.79 Å². The molecular weight excluding hydrogens is 534 g/mol. The molecule has 0 radical (unpaired) electrons. The summed E-state index contributed by atoms with van der Waals surface area (Å²) in [6, 6.07) is 20.9. The topological polar surface area (TPSA) is 82.1 Å². The van der Waals surface area contributed by atoms with E-state index in [2.05, 4.69) is 15.9 Å². The van der Waals surface area contributed by atoms with Gasteiger partial charge in [0, 0.05) is 4.47 Å². The van der Waals surface area contributed by atoms with Crippen molar-refractivity contribution in [2.75, 3.05) is 20.3 Å². The first-order valence-electron chi connectivity index (χ1n) is 10.5. The highest BCUT2D eigenvalue weighted by Gasteiger charge is 2.34. The molecule has 1 aliphatic rings. The molecule has 0 bridgehead atoms. The molecule has 35 heavy (non-hydrogen) atoms. The Hall–Kier alpha value is -3.56. The van der Waals surface area contributed by atoms with E-state index in [9.17, 15) is 14.4 Å². The van der Waals surface area contributed by atoms with Crippen LogP contribution in [0.1, 0.15) is 15.9 Å². The number of ether oxygens (including phenoxy) is 3. The average Bonchev–Trinajstić information content (AvgIpc) is 3.12. The largest absolute Gasteiger partial charge is 0.493 e. The second-order valence-corrected chi connectivity index (χ2v) is 9.21. The van der Waals surface area contributed by atoms with E-state index in [0.717, 1.165) is 21.1 Å². The van der Waals surface area contributed by atoms with Gasteiger partial charge in [0.05, 0.1) is 24.1 Å². The van der Waals surface area contributed by atoms with Crippen LogP contribution in [0.25, 0.3) is 6.08 Å². The van der Waals surface area contributed by atoms with Crippen molar-refractivity contribution in [2.24, 2.45) is 0 Å². The number of hydrogen-bond acceptors (Lipinski definition) is 7. The minimum atomic E-state index is -0.531. The van der Waals surface area contributed by atoms with Crippen LogP contribution in [0.5, 0.6) is 17.2 Å². The second kappa shape index (κ2) is 11.2. The maximum absolute atomic E-state index is 12.8. The summed E-state index contributed by atoms with van der Waals surface area (Å²) in [6.07, 6.45) is 1.60. The third kappa shape index (κ3) is 6.12. The number of benzene rings is 3. The number of halogens is 1. The van der Waals surface area contributed by atoms with E-state index >= 15 is 0 Å². The highest BCUT2D eigenvalue weighted by Crippen LogP contribution is 2.34. The Morgan fingerprint density at radius 1 is 1.00 bits per heavy atom. The van der Waals surface area contributed by atoms with Gasteiger partial charge in [-0.15, -0.1) is 0 Å². The molecule has 4 rings (SSSR count). The van der Waals surface area contributed by atoms with Crippen LogP contribution in [-0.2, 0) is 4.79 Å². The predicted octanol–water partition coefficient (Wildman–Crippen LogP) is 5.79. The minimum Gasteiger partial charge on any atom is -0.493 e. The van der Waals surface area contributed by atoms with Gasteiger partial charge in [0.15, 0.2) is 11.5 Å². The quantitative estimate of drug-likeness (QED) is 0.198. The third-order valence-corrected chi connectivity index (χ3v) is 6.35. The number of carbonyl (C=O) groups is 3. The van der Waals surface area contributed by atoms with Gasteiger partial charge in [-0.05, 0) is 65.9 Å². The predicted molar refractivity (Wildman–Crippen MR) is 137 cm³/mol. The minimum absolute atomic E-state index is 0.144. The molecule has 3 aromatic rings. The zero-order valence-corrected chi connectivity index (χ0v) is 21.0. The second-order valence-electron chi connectivity index (χ2n) is 7.31. The number of thioether (sulfide) groups is 1. The SMILES string of the molecule is COc1cc(/C=C2\SC(=O)N(CCOc3ccccc3)C2=O)ccc1OC(=O)c1cccc(Br)c1. The Kier molecular flexibility index (Phi) is 7.89. The molecule has 1 saturated heterocycles. The molecule has 1 aliphatic heterocycles. The number of amides is 2. The first-order chi connectivity index (χ1) is 16.9. The summed E-state index contributed by atoms with van der Waals surface area (Å²) in [5, 5.41) is -0.357. The molecule has 0 aromatic heterocycles. The molecule has 7 nitrogen and oxygen atoms in total. The van der Waals surface area contributed by atoms with Gasteiger partial charge in [-0.1, -0.05) is 46.3 Å². The number of methoxy groups -OCH3 is 1. The maximum atomic E-state index is 12.8. The summed E-state index contributed by atoms with van der Waals surface area (Å²) in [5.41, 5.74) is 1.01. The highest BCUT2D eigenvalue weighted by atomic mass is 79.9. The number of nitrogens with zero attached hydrogens (tertiary/aromatic N) is 1. The summed E-state index contributed by atoms with van der Waals surface area (Å²) in [7, 11) is 1.45. The molecule has 178 valence electrons. The number of hydrogen-bond donors (Lipinski definition) is 0. The van der Waals surface area contributed by atoms with Crippen LogP contribution in [0.2, 0.25) is 0 Å². The number of carbonyl (C=O) groups excluding carboxylic acids is 3. The fraction of sp³-hybridized carbons (Fsp3) is 0.115. The smallest absolute Gasteiger partial charge is 0.343 e. The summed E-state index contributed by atoms with van der Waals surface area (Å²) in [4.78, 5) is 39.1. The van der Waals surface area contributed by atoms with E-state index in [-0.39, 0.29) is 35.0 Å². The lowest BCUT2D eigenvalue weighted by molar-refractivity contribution is -0.123. The number of rotatable bonds is 8. The van der Waals surface area contributed by atoms with E-state index in [1.807, 2.05) is 24.3 Å². The Bertz CT molecular complexity index is 1290. The average molecular weight is 554 g/mol. The Morgan fingerprint density at radius 2 is 1.80 bits per heavy atom. The molecule has 1 fully saturated rings. The zero-order chi connectivity index (χ0) is 24.8. The molecule has 1 heterocycles. The Morgan fingerprint density at radius 3 is 2.54 bits per heavy atom. The van der Waals surface area contributed by atoms with Crippen LogP contribution >= 0.6 is 27.7 Å². The van der Waals surface area contributed by atoms with Gasteiger partial charge in [0.1, 0.15) is 12.4 Å². The van der Waals surface area contributed by atoms with Gasteiger partial charge >= 0.3 is 5.97 Å². The van der Waals surface area contributed by atoms with Crippen molar-refractivity contribution >= 4 is 50.9 Å². The van der Waals surface area contributed by atoms with Crippen molar-refractivity contribution in [3.8, 4) is 17.2 Å². The maximum Gasteiger partial charge on any atom is 0.343 e. The Balaban J connectivity index is 1.43. The zero-order valence-electron chi connectivity index (χ0n) is 18.6. The normalized spacial score (nSPS) is 14.3. The summed E-state index contributed by atoms with van der Waals surface area (Å²) in [5.74, 6) is 0.304. The number of esters is 1. The number of imide groups is 1. The first kappa shape index (κ1) is 24.6. The molecule has 3 aromatic carbocycles. The van der Waals surface area contributed by atoms with Gasteiger partial charge in [0.25, 0.3) is 11.1 Å². The Labute approximate surface area is 214 Å². The van der Waals surface area contributed by atoms with Gasteiger partial charge in [-0.25, -0.2) is 4.79 Å². The van der Waals surface area contributed by atoms with Crippen LogP contribution in [-0.4, -0.2) is 42.3 Å². The molecule has 0 unspecified atom stereocenters. The third-order valence-electron chi connectivity index (χ3n) is 4.95. The van der Waals surface area contributed by atoms with Crippen molar-refractivity contribution < 1.29 is 28.6 Å². The van der Waals surface area contributed by atoms with Crippen LogP contribution in [0.3, 0.4) is 0 Å². The van der Waals surface area contributed by atoms with Crippen molar-refractivity contribution in [3.05, 3.63) is 93.3 Å². The fourth-order valence-electron chi connectivity index (χ4n) is 3.25. The lowest BCUT2D eigenvalue weighted by Gasteiger charge is -2.13. The summed E-state index contributed by atoms with van der Waals surface area (Å²) < 4.78 is 17.2. The van der Waals surface area contributed by atoms with Gasteiger partial charge < -0.3 is 14.2 Å². The number of para-hydroxylation sites is 1. The molecule has 0 spiro atoms. The van der Waals surface area contributed by atoms with Crippen LogP contribution in [0, 0.1) is 0 Å². The highest BCUT2D eigenvalue weighted by molar-refractivity contribution is 9.10. The standard InChI is InChI=1S/C26H20BrNO6S/c1-32-22-14-17(10-11-21(22)34-25(30)18-6-5-7-19(27)16-18)15-23-24(29)28(26(31)35-23)12-13-33-20-8-3-2-4-9-20/h2-11,14-16H,12-13H2,1H3/b23-15-. The van der Waals surface area contributed by atoms with Gasteiger partial charge in [-0.3, -0.25) is 14.5 Å². The first-order valence-corrected chi connectivity index (χ1v) is 12.1. The molecule has 0 saturated carbocycles. The molecule has 9 heteroatoms. The monoisotopic (exact) mass is 553 g/mol. The van der Waals surface area contributed by atoms with Crippen molar-refractivity contribution in [2.45, 2.75) is 0 Å². The van der Waals surface area contributed by atoms with Crippen LogP contribution < -0.4 is 14.2 Å². The molecule has 0 N–H and O–H groups in total. The summed E-state index contributed by atoms with van der Waals surface area (Å²) >= 11 is 4.19. The van der Waals surface area contributed by atoms with Crippen molar-refractivity contribution in [3.63, 3.8) is 0 Å². The van der Waals surface area contributed by atoms with Crippen molar-refractivity contribution in [1.82, 2.24) is 4.90 Å². The van der Waals surface area contributed by atoms with E-state index in [4.69, 9.17) is 14.2 Å². The fourth-order valence-corrected chi connectivity index (χ4v) is 4.51.